The summed E-state index contributed by atoms with van der Waals surface area (Å²) in [7, 11) is 1.59. The van der Waals surface area contributed by atoms with Crippen LogP contribution in [0.5, 0.6) is 11.5 Å². The molecule has 0 bridgehead atoms. The van der Waals surface area contributed by atoms with E-state index in [1.165, 1.54) is 38.5 Å². The van der Waals surface area contributed by atoms with Gasteiger partial charge in [-0.25, -0.2) is 0 Å². The number of aliphatic hydroxyl groups is 1. The van der Waals surface area contributed by atoms with Gasteiger partial charge in [0.25, 0.3) is 5.91 Å². The molecule has 0 radical (unpaired) electrons. The van der Waals surface area contributed by atoms with Crippen LogP contribution in [0.4, 0.5) is 0 Å². The lowest BCUT2D eigenvalue weighted by Gasteiger charge is -2.12. The molecule has 0 spiro atoms. The number of carbonyl (C=O) groups is 1. The SMILES string of the molecule is CCCCCCCCCCOc1cc(C(=O)NCCO)ccc1OC. The van der Waals surface area contributed by atoms with E-state index in [0.29, 0.717) is 23.7 Å². The number of methoxy groups -OCH3 is 1. The Balaban J connectivity index is 2.36. The second kappa shape index (κ2) is 13.5. The van der Waals surface area contributed by atoms with Crippen LogP contribution in [0.25, 0.3) is 0 Å². The minimum Gasteiger partial charge on any atom is -0.493 e. The zero-order valence-electron chi connectivity index (χ0n) is 15.7. The van der Waals surface area contributed by atoms with E-state index in [9.17, 15) is 4.79 Å². The molecule has 0 heterocycles. The van der Waals surface area contributed by atoms with E-state index in [1.807, 2.05) is 0 Å². The third-order valence-corrected chi connectivity index (χ3v) is 4.08. The van der Waals surface area contributed by atoms with E-state index in [1.54, 1.807) is 25.3 Å². The third kappa shape index (κ3) is 8.77. The van der Waals surface area contributed by atoms with Crippen molar-refractivity contribution in [3.63, 3.8) is 0 Å². The first-order valence-corrected chi connectivity index (χ1v) is 9.42. The fraction of sp³-hybridized carbons (Fsp3) is 0.650. The van der Waals surface area contributed by atoms with Crippen LogP contribution in [0.3, 0.4) is 0 Å². The highest BCUT2D eigenvalue weighted by atomic mass is 16.5. The molecule has 5 heteroatoms. The van der Waals surface area contributed by atoms with Gasteiger partial charge in [0.2, 0.25) is 0 Å². The number of aliphatic hydroxyl groups excluding tert-OH is 1. The molecule has 142 valence electrons. The van der Waals surface area contributed by atoms with Gasteiger partial charge < -0.3 is 19.9 Å². The summed E-state index contributed by atoms with van der Waals surface area (Å²) in [6, 6.07) is 5.11. The number of rotatable bonds is 14. The topological polar surface area (TPSA) is 67.8 Å². The number of ether oxygens (including phenoxy) is 2. The van der Waals surface area contributed by atoms with E-state index in [2.05, 4.69) is 12.2 Å². The van der Waals surface area contributed by atoms with Gasteiger partial charge in [0.15, 0.2) is 11.5 Å². The zero-order chi connectivity index (χ0) is 18.3. The van der Waals surface area contributed by atoms with Gasteiger partial charge in [0, 0.05) is 12.1 Å². The Kier molecular flexibility index (Phi) is 11.5. The van der Waals surface area contributed by atoms with Gasteiger partial charge in [-0.15, -0.1) is 0 Å². The lowest BCUT2D eigenvalue weighted by molar-refractivity contribution is 0.0944. The summed E-state index contributed by atoms with van der Waals surface area (Å²) in [5.41, 5.74) is 0.500. The molecule has 0 unspecified atom stereocenters. The number of hydrogen-bond acceptors (Lipinski definition) is 4. The molecule has 1 rings (SSSR count). The lowest BCUT2D eigenvalue weighted by Crippen LogP contribution is -2.26. The van der Waals surface area contributed by atoms with Crippen molar-refractivity contribution in [3.8, 4) is 11.5 Å². The quantitative estimate of drug-likeness (QED) is 0.498. The smallest absolute Gasteiger partial charge is 0.251 e. The Bertz CT molecular complexity index is 491. The molecule has 0 saturated heterocycles. The van der Waals surface area contributed by atoms with Gasteiger partial charge in [0.05, 0.1) is 20.3 Å². The highest BCUT2D eigenvalue weighted by Gasteiger charge is 2.11. The molecule has 0 aliphatic heterocycles. The molecule has 25 heavy (non-hydrogen) atoms. The van der Waals surface area contributed by atoms with Gasteiger partial charge in [-0.05, 0) is 24.6 Å². The molecule has 5 nitrogen and oxygen atoms in total. The fourth-order valence-corrected chi connectivity index (χ4v) is 2.62. The maximum atomic E-state index is 12.0. The Morgan fingerprint density at radius 1 is 1.04 bits per heavy atom. The minimum atomic E-state index is -0.228. The molecule has 0 fully saturated rings. The summed E-state index contributed by atoms with van der Waals surface area (Å²) in [5.74, 6) is 0.981. The molecule has 0 saturated carbocycles. The van der Waals surface area contributed by atoms with Crippen LogP contribution in [0, 0.1) is 0 Å². The second-order valence-electron chi connectivity index (χ2n) is 6.17. The van der Waals surface area contributed by atoms with E-state index >= 15 is 0 Å². The second-order valence-corrected chi connectivity index (χ2v) is 6.17. The molecule has 0 aromatic heterocycles. The summed E-state index contributed by atoms with van der Waals surface area (Å²) in [6.07, 6.45) is 9.99. The van der Waals surface area contributed by atoms with Crippen molar-refractivity contribution in [2.75, 3.05) is 26.9 Å². The zero-order valence-corrected chi connectivity index (χ0v) is 15.7. The van der Waals surface area contributed by atoms with Crippen molar-refractivity contribution in [2.24, 2.45) is 0 Å². The molecule has 0 aliphatic rings. The van der Waals surface area contributed by atoms with E-state index in [4.69, 9.17) is 14.6 Å². The van der Waals surface area contributed by atoms with Crippen LogP contribution in [-0.2, 0) is 0 Å². The number of hydrogen-bond donors (Lipinski definition) is 2. The first-order chi connectivity index (χ1) is 12.2. The van der Waals surface area contributed by atoms with Gasteiger partial charge in [0.1, 0.15) is 0 Å². The van der Waals surface area contributed by atoms with Crippen molar-refractivity contribution in [3.05, 3.63) is 23.8 Å². The van der Waals surface area contributed by atoms with Crippen LogP contribution < -0.4 is 14.8 Å². The number of benzene rings is 1. The van der Waals surface area contributed by atoms with Crippen LogP contribution in [0.15, 0.2) is 18.2 Å². The van der Waals surface area contributed by atoms with Crippen molar-refractivity contribution in [2.45, 2.75) is 58.3 Å². The molecule has 1 amide bonds. The Morgan fingerprint density at radius 2 is 1.72 bits per heavy atom. The summed E-state index contributed by atoms with van der Waals surface area (Å²) >= 11 is 0. The molecular weight excluding hydrogens is 318 g/mol. The molecular formula is C20H33NO4. The predicted molar refractivity (Wildman–Crippen MR) is 101 cm³/mol. The summed E-state index contributed by atoms with van der Waals surface area (Å²) in [5, 5.41) is 11.4. The van der Waals surface area contributed by atoms with Crippen molar-refractivity contribution < 1.29 is 19.4 Å². The first kappa shape index (κ1) is 21.3. The Hall–Kier alpha value is -1.75. The third-order valence-electron chi connectivity index (χ3n) is 4.08. The maximum Gasteiger partial charge on any atom is 0.251 e. The van der Waals surface area contributed by atoms with E-state index in [-0.39, 0.29) is 19.1 Å². The molecule has 0 aliphatic carbocycles. The first-order valence-electron chi connectivity index (χ1n) is 9.42. The number of nitrogens with one attached hydrogen (secondary N) is 1. The largest absolute Gasteiger partial charge is 0.493 e. The average Bonchev–Trinajstić information content (AvgIpc) is 2.64. The predicted octanol–water partition coefficient (Wildman–Crippen LogP) is 3.94. The van der Waals surface area contributed by atoms with Crippen LogP contribution in [-0.4, -0.2) is 37.9 Å². The van der Waals surface area contributed by atoms with Gasteiger partial charge in [-0.1, -0.05) is 51.9 Å². The summed E-state index contributed by atoms with van der Waals surface area (Å²) in [4.78, 5) is 12.0. The molecule has 1 aromatic rings. The number of unbranched alkanes of at least 4 members (excludes halogenated alkanes) is 7. The highest BCUT2D eigenvalue weighted by Crippen LogP contribution is 2.28. The minimum absolute atomic E-state index is 0.0797. The fourth-order valence-electron chi connectivity index (χ4n) is 2.62. The van der Waals surface area contributed by atoms with Crippen molar-refractivity contribution in [1.29, 1.82) is 0 Å². The van der Waals surface area contributed by atoms with Crippen molar-refractivity contribution >= 4 is 5.91 Å². The van der Waals surface area contributed by atoms with Crippen LogP contribution >= 0.6 is 0 Å². The maximum absolute atomic E-state index is 12.0. The molecule has 0 atom stereocenters. The highest BCUT2D eigenvalue weighted by molar-refractivity contribution is 5.94. The summed E-state index contributed by atoms with van der Waals surface area (Å²) in [6.45, 7) is 3.01. The van der Waals surface area contributed by atoms with Crippen molar-refractivity contribution in [1.82, 2.24) is 5.32 Å². The number of amides is 1. The molecule has 1 aromatic carbocycles. The lowest BCUT2D eigenvalue weighted by atomic mass is 10.1. The average molecular weight is 351 g/mol. The number of carbonyl (C=O) groups excluding carboxylic acids is 1. The monoisotopic (exact) mass is 351 g/mol. The van der Waals surface area contributed by atoms with Crippen LogP contribution in [0.1, 0.15) is 68.6 Å². The Morgan fingerprint density at radius 3 is 2.36 bits per heavy atom. The van der Waals surface area contributed by atoms with Crippen LogP contribution in [0.2, 0.25) is 0 Å². The normalized spacial score (nSPS) is 10.5. The van der Waals surface area contributed by atoms with Gasteiger partial charge >= 0.3 is 0 Å². The standard InChI is InChI=1S/C20H33NO4/c1-3-4-5-6-7-8-9-10-15-25-19-16-17(11-12-18(19)24-2)20(23)21-13-14-22/h11-12,16,22H,3-10,13-15H2,1-2H3,(H,21,23). The molecule has 2 N–H and O–H groups in total. The van der Waals surface area contributed by atoms with Gasteiger partial charge in [-0.3, -0.25) is 4.79 Å². The van der Waals surface area contributed by atoms with E-state index < -0.39 is 0 Å². The summed E-state index contributed by atoms with van der Waals surface area (Å²) < 4.78 is 11.1. The van der Waals surface area contributed by atoms with Gasteiger partial charge in [-0.2, -0.15) is 0 Å². The van der Waals surface area contributed by atoms with E-state index in [0.717, 1.165) is 12.8 Å². The Labute approximate surface area is 151 Å².